The molecule has 1 nitrogen and oxygen atoms in total. The third-order valence-electron chi connectivity index (χ3n) is 4.33. The van der Waals surface area contributed by atoms with E-state index < -0.39 is 0 Å². The fraction of sp³-hybridized carbons (Fsp3) is 0.867. The van der Waals surface area contributed by atoms with Crippen LogP contribution in [0.2, 0.25) is 0 Å². The van der Waals surface area contributed by atoms with Crippen molar-refractivity contribution in [3.8, 4) is 0 Å². The molecule has 1 rings (SSSR count). The van der Waals surface area contributed by atoms with Crippen molar-refractivity contribution < 1.29 is 0 Å². The molecule has 0 aromatic rings. The Bertz CT molecular complexity index is 220. The molecule has 0 amide bonds. The van der Waals surface area contributed by atoms with Gasteiger partial charge in [-0.3, -0.25) is 0 Å². The van der Waals surface area contributed by atoms with E-state index in [1.807, 2.05) is 0 Å². The van der Waals surface area contributed by atoms with Crippen LogP contribution >= 0.6 is 0 Å². The van der Waals surface area contributed by atoms with Gasteiger partial charge in [-0.15, -0.1) is 0 Å². The summed E-state index contributed by atoms with van der Waals surface area (Å²) >= 11 is 0. The lowest BCUT2D eigenvalue weighted by molar-refractivity contribution is 0.163. The SMILES string of the molecule is C=C(CC)CC(NC)C1CCC(C)(C)CC1. The van der Waals surface area contributed by atoms with Crippen molar-refractivity contribution >= 4 is 0 Å². The zero-order valence-electron chi connectivity index (χ0n) is 11.6. The molecule has 0 saturated heterocycles. The molecule has 1 unspecified atom stereocenters. The lowest BCUT2D eigenvalue weighted by atomic mass is 9.70. The van der Waals surface area contributed by atoms with Crippen LogP contribution in [0.15, 0.2) is 12.2 Å². The molecular weight excluding hydrogens is 194 g/mol. The van der Waals surface area contributed by atoms with Crippen LogP contribution in [-0.2, 0) is 0 Å². The number of rotatable bonds is 5. The second-order valence-corrected chi connectivity index (χ2v) is 6.20. The van der Waals surface area contributed by atoms with E-state index in [0.29, 0.717) is 11.5 Å². The molecule has 0 spiro atoms. The first-order chi connectivity index (χ1) is 7.48. The van der Waals surface area contributed by atoms with Crippen LogP contribution in [0.25, 0.3) is 0 Å². The molecule has 0 aromatic heterocycles. The van der Waals surface area contributed by atoms with Crippen molar-refractivity contribution in [1.29, 1.82) is 0 Å². The first-order valence-electron chi connectivity index (χ1n) is 6.82. The minimum Gasteiger partial charge on any atom is -0.316 e. The first kappa shape index (κ1) is 13.8. The molecule has 0 bridgehead atoms. The molecular formula is C15H29N. The molecule has 0 heterocycles. The van der Waals surface area contributed by atoms with E-state index in [-0.39, 0.29) is 0 Å². The molecule has 1 heteroatoms. The Labute approximate surface area is 102 Å². The van der Waals surface area contributed by atoms with Gasteiger partial charge in [0.25, 0.3) is 0 Å². The Morgan fingerprint density at radius 1 is 1.38 bits per heavy atom. The van der Waals surface area contributed by atoms with Crippen molar-refractivity contribution in [2.75, 3.05) is 7.05 Å². The van der Waals surface area contributed by atoms with Gasteiger partial charge < -0.3 is 5.32 Å². The molecule has 0 aromatic carbocycles. The third kappa shape index (κ3) is 3.93. The average Bonchev–Trinajstić information content (AvgIpc) is 2.26. The van der Waals surface area contributed by atoms with E-state index in [9.17, 15) is 0 Å². The summed E-state index contributed by atoms with van der Waals surface area (Å²) in [6.45, 7) is 11.2. The van der Waals surface area contributed by atoms with Gasteiger partial charge in [-0.2, -0.15) is 0 Å². The summed E-state index contributed by atoms with van der Waals surface area (Å²) in [5.74, 6) is 0.862. The van der Waals surface area contributed by atoms with Gasteiger partial charge in [-0.05, 0) is 56.9 Å². The Kier molecular flexibility index (Phi) is 5.04. The molecule has 16 heavy (non-hydrogen) atoms. The summed E-state index contributed by atoms with van der Waals surface area (Å²) in [5.41, 5.74) is 1.97. The van der Waals surface area contributed by atoms with Gasteiger partial charge in [0.2, 0.25) is 0 Å². The number of hydrogen-bond donors (Lipinski definition) is 1. The fourth-order valence-electron chi connectivity index (χ4n) is 2.78. The molecule has 94 valence electrons. The smallest absolute Gasteiger partial charge is 0.0129 e. The predicted molar refractivity (Wildman–Crippen MR) is 72.6 cm³/mol. The molecule has 0 radical (unpaired) electrons. The summed E-state index contributed by atoms with van der Waals surface area (Å²) < 4.78 is 0. The van der Waals surface area contributed by atoms with Crippen molar-refractivity contribution in [3.63, 3.8) is 0 Å². The van der Waals surface area contributed by atoms with Crippen molar-refractivity contribution in [3.05, 3.63) is 12.2 Å². The van der Waals surface area contributed by atoms with Crippen molar-refractivity contribution in [2.45, 2.75) is 65.3 Å². The molecule has 1 aliphatic carbocycles. The highest BCUT2D eigenvalue weighted by Crippen LogP contribution is 2.40. The maximum Gasteiger partial charge on any atom is 0.0129 e. The van der Waals surface area contributed by atoms with Gasteiger partial charge in [0.05, 0.1) is 0 Å². The van der Waals surface area contributed by atoms with Crippen molar-refractivity contribution in [2.24, 2.45) is 11.3 Å². The van der Waals surface area contributed by atoms with Gasteiger partial charge >= 0.3 is 0 Å². The first-order valence-corrected chi connectivity index (χ1v) is 6.82. The lowest BCUT2D eigenvalue weighted by Gasteiger charge is -2.38. The third-order valence-corrected chi connectivity index (χ3v) is 4.33. The van der Waals surface area contributed by atoms with E-state index in [0.717, 1.165) is 18.8 Å². The topological polar surface area (TPSA) is 12.0 Å². The zero-order chi connectivity index (χ0) is 12.2. The average molecular weight is 223 g/mol. The van der Waals surface area contributed by atoms with Gasteiger partial charge in [-0.25, -0.2) is 0 Å². The van der Waals surface area contributed by atoms with E-state index in [2.05, 4.69) is 39.7 Å². The highest BCUT2D eigenvalue weighted by molar-refractivity contribution is 4.99. The second-order valence-electron chi connectivity index (χ2n) is 6.20. The summed E-state index contributed by atoms with van der Waals surface area (Å²) in [6, 6.07) is 0.656. The Balaban J connectivity index is 2.46. The number of hydrogen-bond acceptors (Lipinski definition) is 1. The highest BCUT2D eigenvalue weighted by Gasteiger charge is 2.30. The molecule has 0 aliphatic heterocycles. The minimum atomic E-state index is 0.580. The largest absolute Gasteiger partial charge is 0.316 e. The predicted octanol–water partition coefficient (Wildman–Crippen LogP) is 4.15. The van der Waals surface area contributed by atoms with Gasteiger partial charge in [0, 0.05) is 6.04 Å². The molecule has 1 saturated carbocycles. The van der Waals surface area contributed by atoms with Gasteiger partial charge in [0.1, 0.15) is 0 Å². The second kappa shape index (κ2) is 5.86. The lowest BCUT2D eigenvalue weighted by Crippen LogP contribution is -2.37. The highest BCUT2D eigenvalue weighted by atomic mass is 14.9. The Hall–Kier alpha value is -0.300. The van der Waals surface area contributed by atoms with Crippen molar-refractivity contribution in [1.82, 2.24) is 5.32 Å². The minimum absolute atomic E-state index is 0.580. The van der Waals surface area contributed by atoms with Gasteiger partial charge in [-0.1, -0.05) is 32.9 Å². The van der Waals surface area contributed by atoms with Gasteiger partial charge in [0.15, 0.2) is 0 Å². The maximum absolute atomic E-state index is 4.14. The zero-order valence-corrected chi connectivity index (χ0v) is 11.6. The Morgan fingerprint density at radius 2 is 1.94 bits per heavy atom. The molecule has 1 aliphatic rings. The number of nitrogens with one attached hydrogen (secondary N) is 1. The van der Waals surface area contributed by atoms with Crippen LogP contribution in [-0.4, -0.2) is 13.1 Å². The van der Waals surface area contributed by atoms with Crippen LogP contribution in [0, 0.1) is 11.3 Å². The molecule has 1 atom stereocenters. The fourth-order valence-corrected chi connectivity index (χ4v) is 2.78. The normalized spacial score (nSPS) is 23.0. The summed E-state index contributed by atoms with van der Waals surface area (Å²) in [5, 5.41) is 3.50. The summed E-state index contributed by atoms with van der Waals surface area (Å²) in [4.78, 5) is 0. The van der Waals surface area contributed by atoms with Crippen LogP contribution in [0.3, 0.4) is 0 Å². The summed E-state index contributed by atoms with van der Waals surface area (Å²) in [7, 11) is 2.10. The van der Waals surface area contributed by atoms with Crippen LogP contribution < -0.4 is 5.32 Å². The van der Waals surface area contributed by atoms with E-state index in [1.165, 1.54) is 31.3 Å². The monoisotopic (exact) mass is 223 g/mol. The Morgan fingerprint density at radius 3 is 2.38 bits per heavy atom. The van der Waals surface area contributed by atoms with Crippen LogP contribution in [0.4, 0.5) is 0 Å². The van der Waals surface area contributed by atoms with E-state index >= 15 is 0 Å². The quantitative estimate of drug-likeness (QED) is 0.691. The van der Waals surface area contributed by atoms with E-state index in [4.69, 9.17) is 0 Å². The standard InChI is InChI=1S/C15H29N/c1-6-12(2)11-14(16-5)13-7-9-15(3,4)10-8-13/h13-14,16H,2,6-11H2,1,3-5H3. The van der Waals surface area contributed by atoms with E-state index in [1.54, 1.807) is 0 Å². The molecule has 1 fully saturated rings. The van der Waals surface area contributed by atoms with Crippen LogP contribution in [0.5, 0.6) is 0 Å². The molecule has 1 N–H and O–H groups in total. The maximum atomic E-state index is 4.14. The van der Waals surface area contributed by atoms with Crippen LogP contribution in [0.1, 0.15) is 59.3 Å². The summed E-state index contributed by atoms with van der Waals surface area (Å²) in [6.07, 6.45) is 7.82.